The van der Waals surface area contributed by atoms with E-state index in [1.54, 1.807) is 42.7 Å². The van der Waals surface area contributed by atoms with Crippen LogP contribution in [0.15, 0.2) is 67.3 Å². The third-order valence-corrected chi connectivity index (χ3v) is 6.28. The van der Waals surface area contributed by atoms with E-state index in [4.69, 9.17) is 21.3 Å². The number of hydrogen-bond donors (Lipinski definition) is 0. The van der Waals surface area contributed by atoms with E-state index < -0.39 is 0 Å². The Bertz CT molecular complexity index is 1190. The summed E-state index contributed by atoms with van der Waals surface area (Å²) < 4.78 is 8.22. The summed E-state index contributed by atoms with van der Waals surface area (Å²) in [4.78, 5) is 23.6. The number of hydrogen-bond acceptors (Lipinski definition) is 5. The highest BCUT2D eigenvalue weighted by molar-refractivity contribution is 7.23. The Morgan fingerprint density at radius 1 is 1.25 bits per heavy atom. The van der Waals surface area contributed by atoms with Gasteiger partial charge in [0.15, 0.2) is 5.13 Å². The van der Waals surface area contributed by atoms with E-state index in [2.05, 4.69) is 4.98 Å². The molecule has 0 saturated heterocycles. The molecule has 0 aliphatic heterocycles. The van der Waals surface area contributed by atoms with Gasteiger partial charge >= 0.3 is 0 Å². The molecule has 0 aliphatic carbocycles. The Kier molecular flexibility index (Phi) is 8.27. The van der Waals surface area contributed by atoms with Crippen molar-refractivity contribution >= 4 is 62.7 Å². The van der Waals surface area contributed by atoms with E-state index in [9.17, 15) is 4.79 Å². The Hall–Kier alpha value is -2.87. The standard InChI is InChI=1S/C23H21ClN4O2S.ClH/c1-30-19-10-9-18(24)22-21(19)26-23(31-22)28(14-5-13-27-15-12-25-16-27)20(29)11-8-17-6-3-2-4-7-17;/h2-4,6-12,15-16H,5,13-14H2,1H3;1H/b11-8+;. The summed E-state index contributed by atoms with van der Waals surface area (Å²) in [5.74, 6) is 0.496. The molecule has 1 amide bonds. The minimum absolute atomic E-state index is 0. The van der Waals surface area contributed by atoms with Gasteiger partial charge in [0.1, 0.15) is 11.3 Å². The quantitative estimate of drug-likeness (QED) is 0.298. The smallest absolute Gasteiger partial charge is 0.252 e. The van der Waals surface area contributed by atoms with Crippen molar-refractivity contribution in [3.05, 3.63) is 77.8 Å². The highest BCUT2D eigenvalue weighted by Crippen LogP contribution is 2.38. The van der Waals surface area contributed by atoms with Crippen molar-refractivity contribution in [3.63, 3.8) is 0 Å². The van der Waals surface area contributed by atoms with Crippen molar-refractivity contribution in [2.24, 2.45) is 0 Å². The van der Waals surface area contributed by atoms with Gasteiger partial charge in [-0.05, 0) is 30.2 Å². The van der Waals surface area contributed by atoms with Crippen LogP contribution in [-0.2, 0) is 11.3 Å². The molecule has 0 unspecified atom stereocenters. The molecule has 2 aromatic heterocycles. The number of nitrogens with zero attached hydrogens (tertiary/aromatic N) is 4. The van der Waals surface area contributed by atoms with E-state index in [1.807, 2.05) is 47.2 Å². The van der Waals surface area contributed by atoms with Crippen molar-refractivity contribution in [3.8, 4) is 5.75 Å². The van der Waals surface area contributed by atoms with Crippen LogP contribution in [0, 0.1) is 0 Å². The molecule has 2 aromatic carbocycles. The molecule has 0 fully saturated rings. The summed E-state index contributed by atoms with van der Waals surface area (Å²) in [5.41, 5.74) is 1.62. The number of carbonyl (C=O) groups excluding carboxylic acids is 1. The Morgan fingerprint density at radius 3 is 2.78 bits per heavy atom. The first-order chi connectivity index (χ1) is 15.2. The fourth-order valence-corrected chi connectivity index (χ4v) is 4.46. The molecule has 0 radical (unpaired) electrons. The van der Waals surface area contributed by atoms with Crippen LogP contribution in [0.3, 0.4) is 0 Å². The molecule has 9 heteroatoms. The topological polar surface area (TPSA) is 60.2 Å². The summed E-state index contributed by atoms with van der Waals surface area (Å²) in [6.07, 6.45) is 9.56. The monoisotopic (exact) mass is 488 g/mol. The predicted octanol–water partition coefficient (Wildman–Crippen LogP) is 5.71. The first kappa shape index (κ1) is 23.8. The molecule has 0 saturated carbocycles. The zero-order valence-corrected chi connectivity index (χ0v) is 19.7. The van der Waals surface area contributed by atoms with Gasteiger partial charge in [-0.25, -0.2) is 9.97 Å². The van der Waals surface area contributed by atoms with E-state index in [0.29, 0.717) is 28.0 Å². The van der Waals surface area contributed by atoms with Gasteiger partial charge in [-0.15, -0.1) is 12.4 Å². The molecule has 0 spiro atoms. The number of rotatable bonds is 8. The van der Waals surface area contributed by atoms with Gasteiger partial charge in [-0.1, -0.05) is 53.3 Å². The van der Waals surface area contributed by atoms with Crippen LogP contribution < -0.4 is 9.64 Å². The van der Waals surface area contributed by atoms with Crippen molar-refractivity contribution in [1.82, 2.24) is 14.5 Å². The van der Waals surface area contributed by atoms with Gasteiger partial charge in [0.05, 0.1) is 23.2 Å². The van der Waals surface area contributed by atoms with E-state index >= 15 is 0 Å². The van der Waals surface area contributed by atoms with Gasteiger partial charge in [0.25, 0.3) is 5.91 Å². The molecule has 0 bridgehead atoms. The number of methoxy groups -OCH3 is 1. The third kappa shape index (κ3) is 5.48. The van der Waals surface area contributed by atoms with Gasteiger partial charge < -0.3 is 9.30 Å². The first-order valence-corrected chi connectivity index (χ1v) is 11.0. The molecule has 0 N–H and O–H groups in total. The first-order valence-electron chi connectivity index (χ1n) is 9.79. The molecular weight excluding hydrogens is 467 g/mol. The van der Waals surface area contributed by atoms with Crippen molar-refractivity contribution < 1.29 is 9.53 Å². The molecule has 2 heterocycles. The van der Waals surface area contributed by atoms with Gasteiger partial charge in [-0.3, -0.25) is 9.69 Å². The maximum absolute atomic E-state index is 13.1. The summed E-state index contributed by atoms with van der Waals surface area (Å²) >= 11 is 7.77. The molecule has 4 aromatic rings. The zero-order valence-electron chi connectivity index (χ0n) is 17.3. The second kappa shape index (κ2) is 11.1. The van der Waals surface area contributed by atoms with Gasteiger partial charge in [-0.2, -0.15) is 0 Å². The second-order valence-electron chi connectivity index (χ2n) is 6.81. The van der Waals surface area contributed by atoms with Crippen molar-refractivity contribution in [2.75, 3.05) is 18.6 Å². The minimum atomic E-state index is -0.136. The fourth-order valence-electron chi connectivity index (χ4n) is 3.17. The van der Waals surface area contributed by atoms with E-state index in [-0.39, 0.29) is 18.3 Å². The number of aryl methyl sites for hydroxylation is 1. The lowest BCUT2D eigenvalue weighted by atomic mass is 10.2. The average Bonchev–Trinajstić information content (AvgIpc) is 3.47. The number of benzene rings is 2. The molecular formula is C23H22Cl2N4O2S. The van der Waals surface area contributed by atoms with Gasteiger partial charge in [0.2, 0.25) is 0 Å². The molecule has 6 nitrogen and oxygen atoms in total. The molecule has 4 rings (SSSR count). The normalized spacial score (nSPS) is 10.9. The summed E-state index contributed by atoms with van der Waals surface area (Å²) in [6.45, 7) is 1.26. The summed E-state index contributed by atoms with van der Waals surface area (Å²) in [5, 5.41) is 1.18. The van der Waals surface area contributed by atoms with Crippen LogP contribution in [0.2, 0.25) is 5.02 Å². The molecule has 166 valence electrons. The Morgan fingerprint density at radius 2 is 2.06 bits per heavy atom. The van der Waals surface area contributed by atoms with Crippen LogP contribution >= 0.6 is 35.3 Å². The predicted molar refractivity (Wildman–Crippen MR) is 133 cm³/mol. The Labute approximate surface area is 201 Å². The fraction of sp³-hybridized carbons (Fsp3) is 0.174. The lowest BCUT2D eigenvalue weighted by Crippen LogP contribution is -2.30. The van der Waals surface area contributed by atoms with Crippen LogP contribution in [0.5, 0.6) is 5.75 Å². The largest absolute Gasteiger partial charge is 0.494 e. The minimum Gasteiger partial charge on any atom is -0.494 e. The third-order valence-electron chi connectivity index (χ3n) is 4.74. The SMILES string of the molecule is COc1ccc(Cl)c2sc(N(CCCn3ccnc3)C(=O)/C=C/c3ccccc3)nc12.Cl. The number of aromatic nitrogens is 3. The second-order valence-corrected chi connectivity index (χ2v) is 8.20. The zero-order chi connectivity index (χ0) is 21.6. The molecule has 32 heavy (non-hydrogen) atoms. The number of halogens is 2. The number of ether oxygens (including phenoxy) is 1. The van der Waals surface area contributed by atoms with Crippen LogP contribution in [0.25, 0.3) is 16.3 Å². The van der Waals surface area contributed by atoms with E-state index in [1.165, 1.54) is 11.3 Å². The van der Waals surface area contributed by atoms with Gasteiger partial charge in [0, 0.05) is 31.6 Å². The van der Waals surface area contributed by atoms with Crippen molar-refractivity contribution in [1.29, 1.82) is 0 Å². The number of thiazole rings is 1. The Balaban J connectivity index is 0.00000289. The van der Waals surface area contributed by atoms with Crippen LogP contribution in [0.1, 0.15) is 12.0 Å². The van der Waals surface area contributed by atoms with Crippen molar-refractivity contribution in [2.45, 2.75) is 13.0 Å². The molecule has 0 atom stereocenters. The number of amides is 1. The highest BCUT2D eigenvalue weighted by atomic mass is 35.5. The van der Waals surface area contributed by atoms with E-state index in [0.717, 1.165) is 23.2 Å². The highest BCUT2D eigenvalue weighted by Gasteiger charge is 2.20. The number of imidazole rings is 1. The summed E-state index contributed by atoms with van der Waals surface area (Å²) in [6, 6.07) is 13.3. The van der Waals surface area contributed by atoms with Crippen LogP contribution in [0.4, 0.5) is 5.13 Å². The maximum Gasteiger partial charge on any atom is 0.252 e. The maximum atomic E-state index is 13.1. The summed E-state index contributed by atoms with van der Waals surface area (Å²) in [7, 11) is 1.60. The number of carbonyl (C=O) groups is 1. The number of fused-ring (bicyclic) bond motifs is 1. The number of anilines is 1. The lowest BCUT2D eigenvalue weighted by molar-refractivity contribution is -0.114. The average molecular weight is 489 g/mol. The van der Waals surface area contributed by atoms with Crippen LogP contribution in [-0.4, -0.2) is 34.1 Å². The molecule has 0 aliphatic rings. The lowest BCUT2D eigenvalue weighted by Gasteiger charge is -2.18.